The number of benzene rings is 1. The van der Waals surface area contributed by atoms with Gasteiger partial charge in [-0.2, -0.15) is 0 Å². The van der Waals surface area contributed by atoms with Gasteiger partial charge in [0.25, 0.3) is 0 Å². The fourth-order valence-electron chi connectivity index (χ4n) is 2.58. The van der Waals surface area contributed by atoms with Crippen LogP contribution >= 0.6 is 23.2 Å². The van der Waals surface area contributed by atoms with Crippen molar-refractivity contribution in [2.24, 2.45) is 11.7 Å². The molecule has 1 aromatic rings. The van der Waals surface area contributed by atoms with Gasteiger partial charge in [-0.1, -0.05) is 23.2 Å². The number of amides is 2. The Morgan fingerprint density at radius 2 is 2.14 bits per heavy atom. The van der Waals surface area contributed by atoms with Gasteiger partial charge in [0.1, 0.15) is 0 Å². The number of likely N-dealkylation sites (tertiary alicyclic amines) is 1. The Morgan fingerprint density at radius 1 is 1.41 bits per heavy atom. The molecule has 2 atom stereocenters. The number of primary amides is 1. The molecule has 0 radical (unpaired) electrons. The second kappa shape index (κ2) is 7.31. The van der Waals surface area contributed by atoms with Crippen molar-refractivity contribution in [3.05, 3.63) is 28.2 Å². The van der Waals surface area contributed by atoms with Gasteiger partial charge in [-0.3, -0.25) is 14.5 Å². The molecule has 1 fully saturated rings. The predicted molar refractivity (Wildman–Crippen MR) is 88.0 cm³/mol. The topological polar surface area (TPSA) is 75.4 Å². The van der Waals surface area contributed by atoms with Crippen molar-refractivity contribution in [2.45, 2.75) is 25.8 Å². The molecule has 1 aliphatic heterocycles. The van der Waals surface area contributed by atoms with Crippen LogP contribution in [-0.2, 0) is 9.59 Å². The quantitative estimate of drug-likeness (QED) is 0.881. The van der Waals surface area contributed by atoms with E-state index in [2.05, 4.69) is 5.32 Å². The molecule has 0 spiro atoms. The molecule has 120 valence electrons. The Kier molecular flexibility index (Phi) is 5.67. The third kappa shape index (κ3) is 4.12. The SMILES string of the molecule is C[C@@H](C(=O)Nc1ccc(Cl)cc1Cl)N1CCC[C@H](C(N)=O)C1. The Labute approximate surface area is 139 Å². The summed E-state index contributed by atoms with van der Waals surface area (Å²) in [5, 5.41) is 3.69. The van der Waals surface area contributed by atoms with E-state index in [4.69, 9.17) is 28.9 Å². The molecule has 2 rings (SSSR count). The molecule has 1 aliphatic rings. The molecule has 0 saturated carbocycles. The van der Waals surface area contributed by atoms with Crippen LogP contribution in [0.1, 0.15) is 19.8 Å². The lowest BCUT2D eigenvalue weighted by molar-refractivity contribution is -0.127. The first-order chi connectivity index (χ1) is 10.4. The van der Waals surface area contributed by atoms with Crippen LogP contribution in [0.5, 0.6) is 0 Å². The number of hydrogen-bond acceptors (Lipinski definition) is 3. The summed E-state index contributed by atoms with van der Waals surface area (Å²) in [6, 6.07) is 4.54. The highest BCUT2D eigenvalue weighted by atomic mass is 35.5. The van der Waals surface area contributed by atoms with E-state index in [1.54, 1.807) is 18.2 Å². The zero-order chi connectivity index (χ0) is 16.3. The van der Waals surface area contributed by atoms with Crippen LogP contribution in [0.25, 0.3) is 0 Å². The van der Waals surface area contributed by atoms with Crippen LogP contribution in [0.15, 0.2) is 18.2 Å². The number of anilines is 1. The number of carbonyl (C=O) groups is 2. The summed E-state index contributed by atoms with van der Waals surface area (Å²) < 4.78 is 0. The largest absolute Gasteiger partial charge is 0.369 e. The second-order valence-electron chi connectivity index (χ2n) is 5.53. The van der Waals surface area contributed by atoms with Crippen LogP contribution in [0.4, 0.5) is 5.69 Å². The first-order valence-corrected chi connectivity index (χ1v) is 7.93. The van der Waals surface area contributed by atoms with Gasteiger partial charge in [-0.25, -0.2) is 0 Å². The maximum atomic E-state index is 12.4. The Balaban J connectivity index is 2.01. The number of hydrogen-bond donors (Lipinski definition) is 2. The van der Waals surface area contributed by atoms with Crippen molar-refractivity contribution in [1.29, 1.82) is 0 Å². The summed E-state index contributed by atoms with van der Waals surface area (Å²) in [6.07, 6.45) is 1.64. The number of piperidine rings is 1. The Bertz CT molecular complexity index is 580. The molecule has 0 bridgehead atoms. The van der Waals surface area contributed by atoms with Gasteiger partial charge in [-0.05, 0) is 44.5 Å². The van der Waals surface area contributed by atoms with Crippen molar-refractivity contribution >= 4 is 40.7 Å². The van der Waals surface area contributed by atoms with Gasteiger partial charge < -0.3 is 11.1 Å². The average Bonchev–Trinajstić information content (AvgIpc) is 2.49. The Hall–Kier alpha value is -1.30. The van der Waals surface area contributed by atoms with E-state index in [1.807, 2.05) is 11.8 Å². The van der Waals surface area contributed by atoms with Gasteiger partial charge in [0.2, 0.25) is 11.8 Å². The molecule has 3 N–H and O–H groups in total. The molecule has 2 amide bonds. The minimum Gasteiger partial charge on any atom is -0.369 e. The van der Waals surface area contributed by atoms with Crippen LogP contribution < -0.4 is 11.1 Å². The highest BCUT2D eigenvalue weighted by Crippen LogP contribution is 2.26. The zero-order valence-electron chi connectivity index (χ0n) is 12.3. The molecule has 0 aromatic heterocycles. The standard InChI is InChI=1S/C15H19Cl2N3O2/c1-9(20-6-2-3-10(8-20)14(18)21)15(22)19-13-5-4-11(16)7-12(13)17/h4-5,7,9-10H,2-3,6,8H2,1H3,(H2,18,21)(H,19,22)/t9-,10-/m0/s1. The lowest BCUT2D eigenvalue weighted by Crippen LogP contribution is -2.49. The molecule has 0 unspecified atom stereocenters. The van der Waals surface area contributed by atoms with Crippen molar-refractivity contribution in [1.82, 2.24) is 4.90 Å². The van der Waals surface area contributed by atoms with Crippen LogP contribution in [0.3, 0.4) is 0 Å². The van der Waals surface area contributed by atoms with E-state index < -0.39 is 0 Å². The minimum atomic E-state index is -0.367. The molecule has 7 heteroatoms. The van der Waals surface area contributed by atoms with Gasteiger partial charge in [0.05, 0.1) is 22.7 Å². The van der Waals surface area contributed by atoms with E-state index in [0.717, 1.165) is 19.4 Å². The normalized spacial score (nSPS) is 20.4. The minimum absolute atomic E-state index is 0.172. The number of carbonyl (C=O) groups excluding carboxylic acids is 2. The third-order valence-corrected chi connectivity index (χ3v) is 4.52. The van der Waals surface area contributed by atoms with Crippen molar-refractivity contribution in [3.8, 4) is 0 Å². The molecule has 1 heterocycles. The zero-order valence-corrected chi connectivity index (χ0v) is 13.8. The maximum absolute atomic E-state index is 12.4. The van der Waals surface area contributed by atoms with Crippen molar-refractivity contribution in [3.63, 3.8) is 0 Å². The third-order valence-electron chi connectivity index (χ3n) is 3.97. The summed E-state index contributed by atoms with van der Waals surface area (Å²) in [7, 11) is 0. The van der Waals surface area contributed by atoms with Crippen LogP contribution in [0.2, 0.25) is 10.0 Å². The van der Waals surface area contributed by atoms with E-state index in [-0.39, 0.29) is 23.8 Å². The fraction of sp³-hybridized carbons (Fsp3) is 0.467. The predicted octanol–water partition coefficient (Wildman–Crippen LogP) is 2.52. The number of nitrogens with zero attached hydrogens (tertiary/aromatic N) is 1. The summed E-state index contributed by atoms with van der Waals surface area (Å²) >= 11 is 11.9. The highest BCUT2D eigenvalue weighted by Gasteiger charge is 2.29. The van der Waals surface area contributed by atoms with E-state index in [0.29, 0.717) is 22.3 Å². The van der Waals surface area contributed by atoms with Gasteiger partial charge in [0.15, 0.2) is 0 Å². The van der Waals surface area contributed by atoms with Crippen molar-refractivity contribution < 1.29 is 9.59 Å². The number of nitrogens with one attached hydrogen (secondary N) is 1. The van der Waals surface area contributed by atoms with Gasteiger partial charge in [-0.15, -0.1) is 0 Å². The lowest BCUT2D eigenvalue weighted by atomic mass is 9.96. The molecule has 1 saturated heterocycles. The fourth-order valence-corrected chi connectivity index (χ4v) is 3.04. The summed E-state index contributed by atoms with van der Waals surface area (Å²) in [5.41, 5.74) is 5.89. The molecular formula is C15H19Cl2N3O2. The van der Waals surface area contributed by atoms with Gasteiger partial charge in [0, 0.05) is 11.6 Å². The first kappa shape index (κ1) is 17.1. The molecular weight excluding hydrogens is 325 g/mol. The molecule has 1 aromatic carbocycles. The first-order valence-electron chi connectivity index (χ1n) is 7.17. The summed E-state index contributed by atoms with van der Waals surface area (Å²) in [6.45, 7) is 3.09. The lowest BCUT2D eigenvalue weighted by Gasteiger charge is -2.34. The molecule has 0 aliphatic carbocycles. The van der Waals surface area contributed by atoms with E-state index in [1.165, 1.54) is 0 Å². The summed E-state index contributed by atoms with van der Waals surface area (Å²) in [4.78, 5) is 25.7. The smallest absolute Gasteiger partial charge is 0.241 e. The number of halogens is 2. The van der Waals surface area contributed by atoms with Gasteiger partial charge >= 0.3 is 0 Å². The highest BCUT2D eigenvalue weighted by molar-refractivity contribution is 6.36. The number of nitrogens with two attached hydrogens (primary N) is 1. The molecule has 5 nitrogen and oxygen atoms in total. The number of rotatable bonds is 4. The average molecular weight is 344 g/mol. The maximum Gasteiger partial charge on any atom is 0.241 e. The monoisotopic (exact) mass is 343 g/mol. The van der Waals surface area contributed by atoms with Crippen LogP contribution in [-0.4, -0.2) is 35.8 Å². The van der Waals surface area contributed by atoms with E-state index >= 15 is 0 Å². The van der Waals surface area contributed by atoms with E-state index in [9.17, 15) is 9.59 Å². The van der Waals surface area contributed by atoms with Crippen LogP contribution in [0, 0.1) is 5.92 Å². The summed E-state index contributed by atoms with van der Waals surface area (Å²) in [5.74, 6) is -0.671. The molecule has 22 heavy (non-hydrogen) atoms. The van der Waals surface area contributed by atoms with Crippen molar-refractivity contribution in [2.75, 3.05) is 18.4 Å². The Morgan fingerprint density at radius 3 is 2.77 bits per heavy atom. The second-order valence-corrected chi connectivity index (χ2v) is 6.37.